The number of alkyl halides is 3. The van der Waals surface area contributed by atoms with Gasteiger partial charge >= 0.3 is 5.51 Å². The molecule has 2 aliphatic rings. The molecule has 1 aromatic heterocycles. The van der Waals surface area contributed by atoms with Crippen molar-refractivity contribution in [3.8, 4) is 16.1 Å². The summed E-state index contributed by atoms with van der Waals surface area (Å²) < 4.78 is 69.2. The number of hydrogen-bond donors (Lipinski definition) is 0. The van der Waals surface area contributed by atoms with Gasteiger partial charge in [0.2, 0.25) is 0 Å². The van der Waals surface area contributed by atoms with Crippen molar-refractivity contribution < 1.29 is 21.6 Å². The van der Waals surface area contributed by atoms with E-state index in [-0.39, 0.29) is 15.8 Å². The van der Waals surface area contributed by atoms with Crippen LogP contribution in [0.25, 0.3) is 27.0 Å². The summed E-state index contributed by atoms with van der Waals surface area (Å²) >= 11 is 0.743. The molecule has 0 N–H and O–H groups in total. The molecule has 6 nitrogen and oxygen atoms in total. The Labute approximate surface area is 166 Å². The fourth-order valence-electron chi connectivity index (χ4n) is 3.09. The van der Waals surface area contributed by atoms with Gasteiger partial charge in [0, 0.05) is 11.8 Å². The number of benzene rings is 1. The molecule has 11 heteroatoms. The van der Waals surface area contributed by atoms with Crippen LogP contribution >= 0.6 is 11.5 Å². The summed E-state index contributed by atoms with van der Waals surface area (Å²) in [6.07, 6.45) is 3.02. The van der Waals surface area contributed by atoms with E-state index in [2.05, 4.69) is 9.36 Å². The first kappa shape index (κ1) is 19.5. The zero-order valence-corrected chi connectivity index (χ0v) is 16.4. The zero-order valence-electron chi connectivity index (χ0n) is 14.8. The monoisotopic (exact) mass is 439 g/mol. The second-order valence-corrected chi connectivity index (χ2v) is 8.88. The van der Waals surface area contributed by atoms with E-state index in [4.69, 9.17) is 0 Å². The van der Waals surface area contributed by atoms with Crippen molar-refractivity contribution in [1.29, 1.82) is 0 Å². The number of hydrogen-bond acceptors (Lipinski definition) is 6. The summed E-state index contributed by atoms with van der Waals surface area (Å²) in [5, 5.41) is -0.206. The lowest BCUT2D eigenvalue weighted by atomic mass is 10.1. The van der Waals surface area contributed by atoms with Gasteiger partial charge in [-0.1, -0.05) is 19.1 Å². The first-order chi connectivity index (χ1) is 13.7. The minimum Gasteiger partial charge on any atom is -0.268 e. The third kappa shape index (κ3) is 2.92. The highest BCUT2D eigenvalue weighted by molar-refractivity contribution is 7.92. The number of rotatable bonds is 3. The highest BCUT2D eigenvalue weighted by atomic mass is 32.2. The highest BCUT2D eigenvalue weighted by Gasteiger charge is 2.50. The molecule has 0 spiro atoms. The molecule has 0 saturated heterocycles. The molecule has 2 heterocycles. The Morgan fingerprint density at radius 3 is 2.45 bits per heavy atom. The average molecular weight is 439 g/mol. The largest absolute Gasteiger partial charge is 0.502 e. The normalized spacial score (nSPS) is 12.7. The van der Waals surface area contributed by atoms with E-state index in [0.29, 0.717) is 5.69 Å². The summed E-state index contributed by atoms with van der Waals surface area (Å²) in [5.74, 6) is 0. The van der Waals surface area contributed by atoms with Crippen molar-refractivity contribution in [2.75, 3.05) is 0 Å². The molecule has 0 saturated carbocycles. The first-order valence-corrected chi connectivity index (χ1v) is 10.6. The predicted molar refractivity (Wildman–Crippen MR) is 102 cm³/mol. The molecule has 1 aromatic carbocycles. The molecular weight excluding hydrogens is 427 g/mol. The number of nitrogens with zero attached hydrogens (tertiary/aromatic N) is 3. The standard InChI is InChI=1S/C18H12F3N3O3S2/c1-2-10-3-5-11(6-4-10)24-9-22-14-13(17(24)25)15-12(7-8-23-28-15)16(14)29(26,27)18(19,20)21/h3-9H,2H2,1H3. The van der Waals surface area contributed by atoms with E-state index >= 15 is 0 Å². The summed E-state index contributed by atoms with van der Waals surface area (Å²) in [7, 11) is -5.72. The molecule has 0 fully saturated rings. The van der Waals surface area contributed by atoms with E-state index in [1.54, 1.807) is 12.1 Å². The number of aryl methyl sites for hydroxylation is 1. The maximum atomic E-state index is 13.3. The zero-order chi connectivity index (χ0) is 21.0. The lowest BCUT2D eigenvalue weighted by Crippen LogP contribution is -2.24. The third-order valence-electron chi connectivity index (χ3n) is 4.55. The van der Waals surface area contributed by atoms with Gasteiger partial charge in [-0.3, -0.25) is 9.36 Å². The van der Waals surface area contributed by atoms with Gasteiger partial charge in [-0.25, -0.2) is 17.8 Å². The smallest absolute Gasteiger partial charge is 0.268 e. The Kier molecular flexibility index (Phi) is 4.46. The molecule has 150 valence electrons. The average Bonchev–Trinajstić information content (AvgIpc) is 3.03. The van der Waals surface area contributed by atoms with E-state index in [9.17, 15) is 26.4 Å². The Bertz CT molecular complexity index is 1360. The van der Waals surface area contributed by atoms with E-state index in [1.165, 1.54) is 10.8 Å². The van der Waals surface area contributed by atoms with E-state index in [1.807, 2.05) is 19.1 Å². The van der Waals surface area contributed by atoms with Gasteiger partial charge in [-0.05, 0) is 41.7 Å². The van der Waals surface area contributed by atoms with Crippen molar-refractivity contribution >= 4 is 32.3 Å². The van der Waals surface area contributed by atoms with Crippen LogP contribution in [0, 0.1) is 0 Å². The molecule has 0 radical (unpaired) electrons. The summed E-state index contributed by atoms with van der Waals surface area (Å²) in [5.41, 5.74) is -5.42. The Morgan fingerprint density at radius 1 is 1.14 bits per heavy atom. The van der Waals surface area contributed by atoms with E-state index < -0.39 is 31.3 Å². The SMILES string of the molecule is CCc1ccc(-n2cnc3c(S(=O)(=O)C(F)(F)F)c4ccnsc-4c3c2=O)cc1. The van der Waals surface area contributed by atoms with Crippen LogP contribution in [0.2, 0.25) is 0 Å². The van der Waals surface area contributed by atoms with Crippen molar-refractivity contribution in [1.82, 2.24) is 13.9 Å². The third-order valence-corrected chi connectivity index (χ3v) is 6.94. The Morgan fingerprint density at radius 2 is 1.83 bits per heavy atom. The maximum Gasteiger partial charge on any atom is 0.502 e. The van der Waals surface area contributed by atoms with Crippen LogP contribution in [0.1, 0.15) is 12.5 Å². The van der Waals surface area contributed by atoms with Crippen LogP contribution in [0.4, 0.5) is 13.2 Å². The highest BCUT2D eigenvalue weighted by Crippen LogP contribution is 2.45. The molecular formula is C18H12F3N3O3S2. The van der Waals surface area contributed by atoms with Gasteiger partial charge in [-0.2, -0.15) is 13.2 Å². The van der Waals surface area contributed by atoms with Gasteiger partial charge in [0.25, 0.3) is 15.4 Å². The summed E-state index contributed by atoms with van der Waals surface area (Å²) in [6.45, 7) is 1.97. The van der Waals surface area contributed by atoms with Crippen LogP contribution in [0.3, 0.4) is 0 Å². The molecule has 4 rings (SSSR count). The molecule has 0 amide bonds. The minimum atomic E-state index is -5.72. The topological polar surface area (TPSA) is 81.9 Å². The molecule has 1 aliphatic heterocycles. The minimum absolute atomic E-state index is 0.0438. The van der Waals surface area contributed by atoms with Crippen LogP contribution < -0.4 is 5.56 Å². The van der Waals surface area contributed by atoms with Crippen LogP contribution in [0.5, 0.6) is 0 Å². The number of fused-ring (bicyclic) bond motifs is 3. The predicted octanol–water partition coefficient (Wildman–Crippen LogP) is 3.80. The molecule has 29 heavy (non-hydrogen) atoms. The van der Waals surface area contributed by atoms with Gasteiger partial charge in [-0.15, -0.1) is 0 Å². The van der Waals surface area contributed by atoms with Crippen molar-refractivity contribution in [2.45, 2.75) is 23.7 Å². The number of aromatic nitrogens is 3. The first-order valence-electron chi connectivity index (χ1n) is 8.35. The lowest BCUT2D eigenvalue weighted by molar-refractivity contribution is -0.0435. The quantitative estimate of drug-likeness (QED) is 0.485. The molecule has 0 atom stereocenters. The maximum absolute atomic E-state index is 13.3. The fraction of sp³-hybridized carbons (Fsp3) is 0.167. The molecule has 0 unspecified atom stereocenters. The van der Waals surface area contributed by atoms with Crippen molar-refractivity contribution in [3.05, 3.63) is 58.8 Å². The second-order valence-electron chi connectivity index (χ2n) is 6.20. The van der Waals surface area contributed by atoms with Gasteiger partial charge in [0.1, 0.15) is 11.2 Å². The van der Waals surface area contributed by atoms with E-state index in [0.717, 1.165) is 35.9 Å². The van der Waals surface area contributed by atoms with Crippen LogP contribution in [0.15, 0.2) is 52.5 Å². The van der Waals surface area contributed by atoms with Crippen molar-refractivity contribution in [2.24, 2.45) is 0 Å². The summed E-state index contributed by atoms with van der Waals surface area (Å²) in [4.78, 5) is 16.1. The second kappa shape index (κ2) is 6.63. The number of halogens is 3. The number of sulfone groups is 1. The Balaban J connectivity index is 2.08. The van der Waals surface area contributed by atoms with Gasteiger partial charge in [0.05, 0.1) is 21.5 Å². The Hall–Kier alpha value is -2.79. The molecule has 1 aliphatic carbocycles. The molecule has 0 bridgehead atoms. The van der Waals surface area contributed by atoms with Gasteiger partial charge < -0.3 is 0 Å². The molecule has 2 aromatic rings. The van der Waals surface area contributed by atoms with Crippen LogP contribution in [-0.2, 0) is 16.3 Å². The van der Waals surface area contributed by atoms with Gasteiger partial charge in [0.15, 0.2) is 0 Å². The van der Waals surface area contributed by atoms with Crippen LogP contribution in [-0.4, -0.2) is 27.9 Å². The van der Waals surface area contributed by atoms with Crippen molar-refractivity contribution in [3.63, 3.8) is 0 Å². The fourth-order valence-corrected chi connectivity index (χ4v) is 5.03. The lowest BCUT2D eigenvalue weighted by Gasteiger charge is -2.09. The summed E-state index contributed by atoms with van der Waals surface area (Å²) in [6, 6.07) is 8.16.